The SMILES string of the molecule is Cn1ccnc1C(NC(=O)/C=C/c1cccs1)c1ccc(F)cc1. The molecule has 122 valence electrons. The molecule has 4 nitrogen and oxygen atoms in total. The molecule has 0 aliphatic carbocycles. The van der Waals surface area contributed by atoms with E-state index >= 15 is 0 Å². The van der Waals surface area contributed by atoms with E-state index in [-0.39, 0.29) is 11.7 Å². The van der Waals surface area contributed by atoms with Gasteiger partial charge in [-0.2, -0.15) is 0 Å². The third-order valence-corrected chi connectivity index (χ3v) is 4.39. The number of aromatic nitrogens is 2. The second-order valence-corrected chi connectivity index (χ2v) is 6.22. The molecule has 0 fully saturated rings. The molecule has 6 heteroatoms. The first kappa shape index (κ1) is 16.1. The minimum Gasteiger partial charge on any atom is -0.339 e. The molecule has 3 rings (SSSR count). The van der Waals surface area contributed by atoms with Crippen LogP contribution in [0.5, 0.6) is 0 Å². The highest BCUT2D eigenvalue weighted by Gasteiger charge is 2.19. The summed E-state index contributed by atoms with van der Waals surface area (Å²) in [5.41, 5.74) is 0.767. The Labute approximate surface area is 143 Å². The second kappa shape index (κ2) is 7.23. The number of nitrogens with zero attached hydrogens (tertiary/aromatic N) is 2. The lowest BCUT2D eigenvalue weighted by Crippen LogP contribution is -2.29. The number of thiophene rings is 1. The van der Waals surface area contributed by atoms with Gasteiger partial charge in [0.1, 0.15) is 17.7 Å². The van der Waals surface area contributed by atoms with Crippen molar-refractivity contribution in [3.8, 4) is 0 Å². The van der Waals surface area contributed by atoms with Crippen LogP contribution in [-0.4, -0.2) is 15.5 Å². The molecule has 0 radical (unpaired) electrons. The third-order valence-electron chi connectivity index (χ3n) is 3.55. The summed E-state index contributed by atoms with van der Waals surface area (Å²) in [6.45, 7) is 0. The van der Waals surface area contributed by atoms with Crippen LogP contribution in [-0.2, 0) is 11.8 Å². The third kappa shape index (κ3) is 3.78. The van der Waals surface area contributed by atoms with Gasteiger partial charge in [-0.05, 0) is 35.2 Å². The topological polar surface area (TPSA) is 46.9 Å². The highest BCUT2D eigenvalue weighted by molar-refractivity contribution is 7.10. The first-order valence-corrected chi connectivity index (χ1v) is 8.26. The first-order chi connectivity index (χ1) is 11.6. The average Bonchev–Trinajstić information content (AvgIpc) is 3.23. The van der Waals surface area contributed by atoms with Crippen molar-refractivity contribution >= 4 is 23.3 Å². The normalized spacial score (nSPS) is 12.4. The van der Waals surface area contributed by atoms with E-state index in [2.05, 4.69) is 10.3 Å². The van der Waals surface area contributed by atoms with Gasteiger partial charge in [0.05, 0.1) is 0 Å². The summed E-state index contributed by atoms with van der Waals surface area (Å²) in [4.78, 5) is 17.6. The number of benzene rings is 1. The first-order valence-electron chi connectivity index (χ1n) is 7.38. The van der Waals surface area contributed by atoms with E-state index in [1.54, 1.807) is 41.9 Å². The fraction of sp³-hybridized carbons (Fsp3) is 0.111. The van der Waals surface area contributed by atoms with Crippen LogP contribution < -0.4 is 5.32 Å². The molecule has 3 aromatic rings. The van der Waals surface area contributed by atoms with Gasteiger partial charge in [0.25, 0.3) is 0 Å². The van der Waals surface area contributed by atoms with E-state index in [1.807, 2.05) is 29.1 Å². The Balaban J connectivity index is 1.84. The highest BCUT2D eigenvalue weighted by atomic mass is 32.1. The maximum atomic E-state index is 13.2. The summed E-state index contributed by atoms with van der Waals surface area (Å²) in [7, 11) is 1.85. The van der Waals surface area contributed by atoms with Crippen molar-refractivity contribution < 1.29 is 9.18 Å². The predicted molar refractivity (Wildman–Crippen MR) is 92.9 cm³/mol. The molecule has 2 aromatic heterocycles. The van der Waals surface area contributed by atoms with Gasteiger partial charge in [0.2, 0.25) is 5.91 Å². The molecule has 2 heterocycles. The number of aryl methyl sites for hydroxylation is 1. The van der Waals surface area contributed by atoms with E-state index in [0.717, 1.165) is 10.4 Å². The van der Waals surface area contributed by atoms with Crippen LogP contribution in [0.2, 0.25) is 0 Å². The summed E-state index contributed by atoms with van der Waals surface area (Å²) >= 11 is 1.56. The molecule has 0 aliphatic heterocycles. The van der Waals surface area contributed by atoms with E-state index in [1.165, 1.54) is 18.2 Å². The smallest absolute Gasteiger partial charge is 0.244 e. The van der Waals surface area contributed by atoms with Gasteiger partial charge in [-0.3, -0.25) is 4.79 Å². The summed E-state index contributed by atoms with van der Waals surface area (Å²) in [6.07, 6.45) is 6.73. The molecule has 0 spiro atoms. The maximum absolute atomic E-state index is 13.2. The van der Waals surface area contributed by atoms with Gasteiger partial charge in [0.15, 0.2) is 0 Å². The molecule has 24 heavy (non-hydrogen) atoms. The second-order valence-electron chi connectivity index (χ2n) is 5.24. The number of amides is 1. The van der Waals surface area contributed by atoms with Gasteiger partial charge < -0.3 is 9.88 Å². The van der Waals surface area contributed by atoms with Crippen molar-refractivity contribution in [2.45, 2.75) is 6.04 Å². The van der Waals surface area contributed by atoms with Crippen LogP contribution in [0.15, 0.2) is 60.2 Å². The van der Waals surface area contributed by atoms with Crippen LogP contribution >= 0.6 is 11.3 Å². The Bertz CT molecular complexity index is 838. The van der Waals surface area contributed by atoms with Gasteiger partial charge in [-0.1, -0.05) is 18.2 Å². The average molecular weight is 341 g/mol. The molecule has 1 unspecified atom stereocenters. The van der Waals surface area contributed by atoms with Crippen molar-refractivity contribution in [3.63, 3.8) is 0 Å². The van der Waals surface area contributed by atoms with Crippen LogP contribution in [0.4, 0.5) is 4.39 Å². The minimum atomic E-state index is -0.453. The van der Waals surface area contributed by atoms with E-state index in [0.29, 0.717) is 5.82 Å². The molecule has 1 amide bonds. The molecular formula is C18H16FN3OS. The van der Waals surface area contributed by atoms with Gasteiger partial charge in [-0.25, -0.2) is 9.37 Å². The molecule has 0 aliphatic rings. The minimum absolute atomic E-state index is 0.235. The predicted octanol–water partition coefficient (Wildman–Crippen LogP) is 3.54. The lowest BCUT2D eigenvalue weighted by atomic mass is 10.1. The fourth-order valence-corrected chi connectivity index (χ4v) is 2.96. The Morgan fingerprint density at radius 3 is 2.75 bits per heavy atom. The number of hydrogen-bond acceptors (Lipinski definition) is 3. The number of halogens is 1. The van der Waals surface area contributed by atoms with Crippen LogP contribution in [0, 0.1) is 5.82 Å². The van der Waals surface area contributed by atoms with Crippen molar-refractivity contribution in [3.05, 3.63) is 82.3 Å². The van der Waals surface area contributed by atoms with E-state index in [9.17, 15) is 9.18 Å². The van der Waals surface area contributed by atoms with Crippen LogP contribution in [0.3, 0.4) is 0 Å². The Kier molecular flexibility index (Phi) is 4.86. The zero-order chi connectivity index (χ0) is 16.9. The lowest BCUT2D eigenvalue weighted by Gasteiger charge is -2.18. The molecule has 1 aromatic carbocycles. The number of carbonyl (C=O) groups is 1. The zero-order valence-corrected chi connectivity index (χ0v) is 13.8. The summed E-state index contributed by atoms with van der Waals surface area (Å²) in [5.74, 6) is 0.126. The molecule has 1 atom stereocenters. The lowest BCUT2D eigenvalue weighted by molar-refractivity contribution is -0.117. The van der Waals surface area contributed by atoms with E-state index in [4.69, 9.17) is 0 Å². The summed E-state index contributed by atoms with van der Waals surface area (Å²) in [5, 5.41) is 4.88. The van der Waals surface area contributed by atoms with E-state index < -0.39 is 6.04 Å². The molecule has 0 saturated carbocycles. The van der Waals surface area contributed by atoms with Gasteiger partial charge in [-0.15, -0.1) is 11.3 Å². The molecule has 1 N–H and O–H groups in total. The van der Waals surface area contributed by atoms with Gasteiger partial charge in [0, 0.05) is 30.4 Å². The van der Waals surface area contributed by atoms with Crippen molar-refractivity contribution in [2.24, 2.45) is 7.05 Å². The van der Waals surface area contributed by atoms with Crippen molar-refractivity contribution in [1.82, 2.24) is 14.9 Å². The Morgan fingerprint density at radius 1 is 1.33 bits per heavy atom. The van der Waals surface area contributed by atoms with Crippen LogP contribution in [0.25, 0.3) is 6.08 Å². The zero-order valence-electron chi connectivity index (χ0n) is 13.0. The van der Waals surface area contributed by atoms with Crippen molar-refractivity contribution in [2.75, 3.05) is 0 Å². The largest absolute Gasteiger partial charge is 0.339 e. The number of hydrogen-bond donors (Lipinski definition) is 1. The van der Waals surface area contributed by atoms with Gasteiger partial charge >= 0.3 is 0 Å². The maximum Gasteiger partial charge on any atom is 0.244 e. The quantitative estimate of drug-likeness (QED) is 0.722. The Morgan fingerprint density at radius 2 is 2.12 bits per heavy atom. The molecular weight excluding hydrogens is 325 g/mol. The van der Waals surface area contributed by atoms with Crippen molar-refractivity contribution in [1.29, 1.82) is 0 Å². The number of rotatable bonds is 5. The Hall–Kier alpha value is -2.73. The summed E-state index contributed by atoms with van der Waals surface area (Å²) in [6, 6.07) is 9.46. The molecule has 0 bridgehead atoms. The van der Waals surface area contributed by atoms with Crippen LogP contribution in [0.1, 0.15) is 22.3 Å². The number of carbonyl (C=O) groups excluding carboxylic acids is 1. The monoisotopic (exact) mass is 341 g/mol. The highest BCUT2D eigenvalue weighted by Crippen LogP contribution is 2.21. The number of nitrogens with one attached hydrogen (secondary N) is 1. The molecule has 0 saturated heterocycles. The number of imidazole rings is 1. The standard InChI is InChI=1S/C18H16FN3OS/c1-22-11-10-20-18(22)17(13-4-6-14(19)7-5-13)21-16(23)9-8-15-3-2-12-24-15/h2-12,17H,1H3,(H,21,23)/b9-8+. The fourth-order valence-electron chi connectivity index (χ4n) is 2.34. The summed E-state index contributed by atoms with van der Waals surface area (Å²) < 4.78 is 15.0.